The van der Waals surface area contributed by atoms with Gasteiger partial charge >= 0.3 is 0 Å². The molecule has 0 unspecified atom stereocenters. The zero-order valence-electron chi connectivity index (χ0n) is 14.3. The Morgan fingerprint density at radius 2 is 1.77 bits per heavy atom. The van der Waals surface area contributed by atoms with Gasteiger partial charge in [-0.25, -0.2) is 8.42 Å². The quantitative estimate of drug-likeness (QED) is 0.402. The van der Waals surface area contributed by atoms with Crippen LogP contribution in [0.4, 0.5) is 11.4 Å². The van der Waals surface area contributed by atoms with Gasteiger partial charge in [0.25, 0.3) is 5.69 Å². The molecule has 0 saturated carbocycles. The molecule has 0 N–H and O–H groups in total. The molecule has 0 saturated heterocycles. The molecular formula is C17H18ClN3O4S. The van der Waals surface area contributed by atoms with Crippen LogP contribution in [-0.2, 0) is 10.0 Å². The molecule has 7 nitrogen and oxygen atoms in total. The van der Waals surface area contributed by atoms with Crippen molar-refractivity contribution in [1.29, 1.82) is 0 Å². The Hall–Kier alpha value is -2.29. The Kier molecular flexibility index (Phi) is 6.47. The van der Waals surface area contributed by atoms with Crippen LogP contribution in [0.2, 0.25) is 5.02 Å². The topological polar surface area (TPSA) is 92.9 Å². The van der Waals surface area contributed by atoms with E-state index < -0.39 is 14.9 Å². The van der Waals surface area contributed by atoms with Crippen molar-refractivity contribution < 1.29 is 13.3 Å². The van der Waals surface area contributed by atoms with E-state index in [0.29, 0.717) is 29.4 Å². The van der Waals surface area contributed by atoms with E-state index in [1.807, 2.05) is 0 Å². The van der Waals surface area contributed by atoms with Gasteiger partial charge in [-0.15, -0.1) is 0 Å². The number of aliphatic imine (C=N–C) groups is 1. The summed E-state index contributed by atoms with van der Waals surface area (Å²) < 4.78 is 26.2. The summed E-state index contributed by atoms with van der Waals surface area (Å²) in [5.41, 5.74) is 0.822. The van der Waals surface area contributed by atoms with Crippen LogP contribution in [0.5, 0.6) is 0 Å². The highest BCUT2D eigenvalue weighted by Crippen LogP contribution is 2.23. The lowest BCUT2D eigenvalue weighted by Gasteiger charge is -2.18. The van der Waals surface area contributed by atoms with E-state index in [4.69, 9.17) is 11.6 Å². The predicted octanol–water partition coefficient (Wildman–Crippen LogP) is 4.03. The van der Waals surface area contributed by atoms with Crippen LogP contribution in [-0.4, -0.2) is 37.0 Å². The van der Waals surface area contributed by atoms with Crippen molar-refractivity contribution in [3.05, 3.63) is 63.2 Å². The van der Waals surface area contributed by atoms with Gasteiger partial charge in [0.15, 0.2) is 0 Å². The highest BCUT2D eigenvalue weighted by atomic mass is 35.5. The summed E-state index contributed by atoms with van der Waals surface area (Å²) in [4.78, 5) is 14.7. The number of hydrogen-bond acceptors (Lipinski definition) is 5. The SMILES string of the molecule is CCN(CC)S(=O)(=O)c1ccc(N=Cc2cc([N+](=O)[O-])ccc2Cl)cc1. The van der Waals surface area contributed by atoms with Crippen LogP contribution in [0.3, 0.4) is 0 Å². The second kappa shape index (κ2) is 8.39. The minimum absolute atomic E-state index is 0.0866. The third kappa shape index (κ3) is 4.46. The molecule has 2 aromatic rings. The van der Waals surface area contributed by atoms with Crippen molar-refractivity contribution in [3.63, 3.8) is 0 Å². The number of sulfonamides is 1. The lowest BCUT2D eigenvalue weighted by Crippen LogP contribution is -2.30. The number of nitro groups is 1. The zero-order chi connectivity index (χ0) is 19.3. The van der Waals surface area contributed by atoms with E-state index in [2.05, 4.69) is 4.99 Å². The van der Waals surface area contributed by atoms with Crippen LogP contribution < -0.4 is 0 Å². The predicted molar refractivity (Wildman–Crippen MR) is 102 cm³/mol. The summed E-state index contributed by atoms with van der Waals surface area (Å²) in [6.07, 6.45) is 1.41. The van der Waals surface area contributed by atoms with E-state index in [-0.39, 0.29) is 10.6 Å². The molecule has 0 aliphatic rings. The maximum absolute atomic E-state index is 12.4. The van der Waals surface area contributed by atoms with Crippen LogP contribution in [0.1, 0.15) is 19.4 Å². The maximum Gasteiger partial charge on any atom is 0.270 e. The number of non-ortho nitro benzene ring substituents is 1. The largest absolute Gasteiger partial charge is 0.270 e. The fourth-order valence-corrected chi connectivity index (χ4v) is 3.93. The number of nitrogens with zero attached hydrogens (tertiary/aromatic N) is 3. The number of hydrogen-bond donors (Lipinski definition) is 0. The molecule has 0 aliphatic carbocycles. The molecule has 26 heavy (non-hydrogen) atoms. The van der Waals surface area contributed by atoms with Gasteiger partial charge < -0.3 is 0 Å². The molecule has 0 radical (unpaired) electrons. The van der Waals surface area contributed by atoms with Gasteiger partial charge in [0.2, 0.25) is 10.0 Å². The first-order chi connectivity index (χ1) is 12.3. The average Bonchev–Trinajstić information content (AvgIpc) is 2.62. The molecule has 0 amide bonds. The normalized spacial score (nSPS) is 12.0. The molecule has 0 atom stereocenters. The second-order valence-corrected chi connectivity index (χ2v) is 7.65. The minimum Gasteiger partial charge on any atom is -0.258 e. The first kappa shape index (κ1) is 20.0. The first-order valence-electron chi connectivity index (χ1n) is 7.87. The van der Waals surface area contributed by atoms with Crippen LogP contribution in [0.15, 0.2) is 52.4 Å². The lowest BCUT2D eigenvalue weighted by atomic mass is 10.2. The van der Waals surface area contributed by atoms with Gasteiger partial charge in [-0.3, -0.25) is 15.1 Å². The summed E-state index contributed by atoms with van der Waals surface area (Å²) in [5.74, 6) is 0. The summed E-state index contributed by atoms with van der Waals surface area (Å²) in [6.45, 7) is 4.35. The maximum atomic E-state index is 12.4. The Morgan fingerprint density at radius 3 is 2.31 bits per heavy atom. The number of rotatable bonds is 7. The van der Waals surface area contributed by atoms with E-state index in [0.717, 1.165) is 0 Å². The summed E-state index contributed by atoms with van der Waals surface area (Å²) >= 11 is 6.02. The third-order valence-corrected chi connectivity index (χ3v) is 6.13. The van der Waals surface area contributed by atoms with Crippen molar-refractivity contribution in [3.8, 4) is 0 Å². The van der Waals surface area contributed by atoms with Gasteiger partial charge in [-0.2, -0.15) is 4.31 Å². The molecule has 0 bridgehead atoms. The first-order valence-corrected chi connectivity index (χ1v) is 9.69. The monoisotopic (exact) mass is 395 g/mol. The summed E-state index contributed by atoms with van der Waals surface area (Å²) in [7, 11) is -3.52. The summed E-state index contributed by atoms with van der Waals surface area (Å²) in [5, 5.41) is 11.2. The van der Waals surface area contributed by atoms with E-state index in [9.17, 15) is 18.5 Å². The molecule has 0 aromatic heterocycles. The van der Waals surface area contributed by atoms with Gasteiger partial charge in [-0.05, 0) is 30.3 Å². The number of benzene rings is 2. The van der Waals surface area contributed by atoms with E-state index in [1.165, 1.54) is 40.9 Å². The molecule has 0 aliphatic heterocycles. The molecule has 2 rings (SSSR count). The fraction of sp³-hybridized carbons (Fsp3) is 0.235. The number of halogens is 1. The molecular weight excluding hydrogens is 378 g/mol. The van der Waals surface area contributed by atoms with Gasteiger partial charge in [0.05, 0.1) is 15.5 Å². The van der Waals surface area contributed by atoms with Gasteiger partial charge in [-0.1, -0.05) is 25.4 Å². The van der Waals surface area contributed by atoms with E-state index >= 15 is 0 Å². The van der Waals surface area contributed by atoms with Crippen molar-refractivity contribution in [1.82, 2.24) is 4.31 Å². The Balaban J connectivity index is 2.26. The number of nitro benzene ring substituents is 1. The van der Waals surface area contributed by atoms with Crippen molar-refractivity contribution in [2.24, 2.45) is 4.99 Å². The van der Waals surface area contributed by atoms with Crippen LogP contribution in [0.25, 0.3) is 0 Å². The Bertz CT molecular complexity index is 924. The highest BCUT2D eigenvalue weighted by Gasteiger charge is 2.21. The van der Waals surface area contributed by atoms with Crippen molar-refractivity contribution in [2.75, 3.05) is 13.1 Å². The molecule has 138 valence electrons. The Labute approximate surface area is 157 Å². The third-order valence-electron chi connectivity index (χ3n) is 3.72. The Morgan fingerprint density at radius 1 is 1.15 bits per heavy atom. The lowest BCUT2D eigenvalue weighted by molar-refractivity contribution is -0.384. The smallest absolute Gasteiger partial charge is 0.258 e. The summed E-state index contributed by atoms with van der Waals surface area (Å²) in [6, 6.07) is 10.2. The molecule has 2 aromatic carbocycles. The van der Waals surface area contributed by atoms with E-state index in [1.54, 1.807) is 26.0 Å². The highest BCUT2D eigenvalue weighted by molar-refractivity contribution is 7.89. The molecule has 0 fully saturated rings. The van der Waals surface area contributed by atoms with Crippen molar-refractivity contribution in [2.45, 2.75) is 18.7 Å². The van der Waals surface area contributed by atoms with Crippen molar-refractivity contribution >= 4 is 39.2 Å². The van der Waals surface area contributed by atoms with Crippen LogP contribution in [0, 0.1) is 10.1 Å². The molecule has 9 heteroatoms. The standard InChI is InChI=1S/C17H18ClN3O4S/c1-3-20(4-2)26(24,25)16-8-5-14(6-9-16)19-12-13-11-15(21(22)23)7-10-17(13)18/h5-12H,3-4H2,1-2H3. The molecule has 0 spiro atoms. The van der Waals surface area contributed by atoms with Gasteiger partial charge in [0.1, 0.15) is 0 Å². The average molecular weight is 396 g/mol. The molecule has 0 heterocycles. The second-order valence-electron chi connectivity index (χ2n) is 5.30. The zero-order valence-corrected chi connectivity index (χ0v) is 15.9. The fourth-order valence-electron chi connectivity index (χ4n) is 2.30. The van der Waals surface area contributed by atoms with Crippen LogP contribution >= 0.6 is 11.6 Å². The minimum atomic E-state index is -3.52. The van der Waals surface area contributed by atoms with Gasteiger partial charge in [0, 0.05) is 42.0 Å².